The molecule has 0 amide bonds. The summed E-state index contributed by atoms with van der Waals surface area (Å²) in [5.74, 6) is -1.62. The second kappa shape index (κ2) is 5.40. The summed E-state index contributed by atoms with van der Waals surface area (Å²) in [6.07, 6.45) is 0.907. The van der Waals surface area contributed by atoms with E-state index in [0.717, 1.165) is 12.3 Å². The molecule has 5 nitrogen and oxygen atoms in total. The Morgan fingerprint density at radius 1 is 1.47 bits per heavy atom. The Kier molecular flexibility index (Phi) is 5.42. The molecule has 0 aliphatic rings. The van der Waals surface area contributed by atoms with Gasteiger partial charge in [0.25, 0.3) is 0 Å². The van der Waals surface area contributed by atoms with Crippen LogP contribution in [0.3, 0.4) is 0 Å². The van der Waals surface area contributed by atoms with Crippen LogP contribution in [-0.2, 0) is 9.84 Å². The van der Waals surface area contributed by atoms with Gasteiger partial charge >= 0.3 is 29.6 Å². The zero-order valence-electron chi connectivity index (χ0n) is 8.02. The van der Waals surface area contributed by atoms with Crippen LogP contribution in [0, 0.1) is 0 Å². The molecule has 0 fully saturated rings. The van der Waals surface area contributed by atoms with Crippen LogP contribution in [0.25, 0.3) is 0 Å². The van der Waals surface area contributed by atoms with E-state index in [1.54, 1.807) is 0 Å². The molecule has 15 heavy (non-hydrogen) atoms. The Morgan fingerprint density at radius 3 is 2.40 bits per heavy atom. The van der Waals surface area contributed by atoms with Crippen LogP contribution in [0.1, 0.15) is 10.5 Å². The largest absolute Gasteiger partial charge is 1.00 e. The summed E-state index contributed by atoms with van der Waals surface area (Å²) in [5.41, 5.74) is -0.582. The molecule has 1 aromatic rings. The van der Waals surface area contributed by atoms with Crippen molar-refractivity contribution in [2.24, 2.45) is 0 Å². The number of hydrogen-bond acceptors (Lipinski definition) is 5. The second-order valence-electron chi connectivity index (χ2n) is 2.54. The molecule has 0 spiro atoms. The Balaban J connectivity index is 0.00000196. The van der Waals surface area contributed by atoms with E-state index in [0.29, 0.717) is 0 Å². The molecule has 76 valence electrons. The summed E-state index contributed by atoms with van der Waals surface area (Å²) < 4.78 is 22.5. The van der Waals surface area contributed by atoms with Crippen molar-refractivity contribution in [2.75, 3.05) is 6.26 Å². The summed E-state index contributed by atoms with van der Waals surface area (Å²) in [7, 11) is -3.60. The van der Waals surface area contributed by atoms with Crippen LogP contribution >= 0.6 is 15.9 Å². The maximum atomic E-state index is 11.1. The number of halogens is 1. The fourth-order valence-corrected chi connectivity index (χ4v) is 1.97. The summed E-state index contributed by atoms with van der Waals surface area (Å²) in [6, 6.07) is 2.51. The molecular weight excluding hydrogens is 297 g/mol. The summed E-state index contributed by atoms with van der Waals surface area (Å²) >= 11 is 2.93. The molecule has 8 heteroatoms. The number of nitrogens with zero attached hydrogens (tertiary/aromatic N) is 1. The Labute approximate surface area is 117 Å². The third-order valence-corrected chi connectivity index (χ3v) is 2.99. The average molecular weight is 302 g/mol. The van der Waals surface area contributed by atoms with E-state index in [2.05, 4.69) is 20.9 Å². The van der Waals surface area contributed by atoms with Crippen LogP contribution in [0.5, 0.6) is 0 Å². The van der Waals surface area contributed by atoms with Gasteiger partial charge in [-0.2, -0.15) is 0 Å². The van der Waals surface area contributed by atoms with E-state index in [1.165, 1.54) is 6.07 Å². The Hall–Kier alpha value is 0.0500. The van der Waals surface area contributed by atoms with Crippen molar-refractivity contribution in [3.8, 4) is 0 Å². The van der Waals surface area contributed by atoms with E-state index in [-0.39, 0.29) is 39.1 Å². The van der Waals surface area contributed by atoms with Gasteiger partial charge < -0.3 is 9.90 Å². The molecular formula is C7H5BrNNaO4S. The first-order valence-corrected chi connectivity index (χ1v) is 6.09. The molecule has 0 radical (unpaired) electrons. The third-order valence-electron chi connectivity index (χ3n) is 1.42. The average Bonchev–Trinajstić information content (AvgIpc) is 2.01. The molecule has 0 saturated heterocycles. The fraction of sp³-hybridized carbons (Fsp3) is 0.143. The number of rotatable bonds is 2. The van der Waals surface area contributed by atoms with Gasteiger partial charge in [0, 0.05) is 6.26 Å². The molecule has 0 unspecified atom stereocenters. The number of pyridine rings is 1. The minimum atomic E-state index is -3.60. The van der Waals surface area contributed by atoms with Crippen molar-refractivity contribution >= 4 is 31.7 Å². The van der Waals surface area contributed by atoms with Crippen LogP contribution in [0.4, 0.5) is 0 Å². The summed E-state index contributed by atoms with van der Waals surface area (Å²) in [6.45, 7) is 0. The summed E-state index contributed by atoms with van der Waals surface area (Å²) in [4.78, 5) is 13.7. The minimum absolute atomic E-state index is 0. The van der Waals surface area contributed by atoms with Crippen molar-refractivity contribution in [1.82, 2.24) is 4.98 Å². The van der Waals surface area contributed by atoms with Crippen molar-refractivity contribution in [3.63, 3.8) is 0 Å². The molecule has 0 aliphatic carbocycles. The number of aromatic nitrogens is 1. The van der Waals surface area contributed by atoms with Gasteiger partial charge in [-0.3, -0.25) is 0 Å². The van der Waals surface area contributed by atoms with E-state index in [9.17, 15) is 18.3 Å². The number of aromatic carboxylic acids is 1. The quantitative estimate of drug-likeness (QED) is 0.420. The van der Waals surface area contributed by atoms with E-state index >= 15 is 0 Å². The molecule has 0 saturated carbocycles. The van der Waals surface area contributed by atoms with Gasteiger partial charge in [0.15, 0.2) is 9.84 Å². The van der Waals surface area contributed by atoms with Gasteiger partial charge in [0.05, 0.1) is 10.9 Å². The molecule has 0 N–H and O–H groups in total. The number of carboxylic acids is 1. The normalized spacial score (nSPS) is 10.5. The number of carbonyl (C=O) groups excluding carboxylic acids is 1. The topological polar surface area (TPSA) is 87.2 Å². The molecule has 0 aromatic carbocycles. The molecule has 1 heterocycles. The molecule has 0 atom stereocenters. The maximum absolute atomic E-state index is 11.1. The molecule has 1 rings (SSSR count). The SMILES string of the molecule is CS(=O)(=O)c1ccc(Br)nc1C(=O)[O-].[Na+]. The van der Waals surface area contributed by atoms with Gasteiger partial charge in [-0.05, 0) is 28.1 Å². The predicted octanol–water partition coefficient (Wildman–Crippen LogP) is -3.38. The monoisotopic (exact) mass is 301 g/mol. The first-order valence-electron chi connectivity index (χ1n) is 3.40. The van der Waals surface area contributed by atoms with Crippen LogP contribution in [0.2, 0.25) is 0 Å². The molecule has 0 bridgehead atoms. The second-order valence-corrected chi connectivity index (χ2v) is 5.34. The Morgan fingerprint density at radius 2 is 2.00 bits per heavy atom. The van der Waals surface area contributed by atoms with E-state index in [1.807, 2.05) is 0 Å². The predicted molar refractivity (Wildman–Crippen MR) is 49.4 cm³/mol. The van der Waals surface area contributed by atoms with Crippen LogP contribution in [0.15, 0.2) is 21.6 Å². The van der Waals surface area contributed by atoms with Crippen LogP contribution < -0.4 is 34.7 Å². The first-order chi connectivity index (χ1) is 6.32. The van der Waals surface area contributed by atoms with E-state index < -0.39 is 21.5 Å². The molecule has 0 aliphatic heterocycles. The number of carbonyl (C=O) groups is 1. The minimum Gasteiger partial charge on any atom is -0.543 e. The van der Waals surface area contributed by atoms with Crippen LogP contribution in [-0.4, -0.2) is 25.6 Å². The Bertz CT molecular complexity index is 488. The third kappa shape index (κ3) is 3.84. The molecule has 1 aromatic heterocycles. The van der Waals surface area contributed by atoms with Gasteiger partial charge in [-0.25, -0.2) is 13.4 Å². The van der Waals surface area contributed by atoms with Crippen molar-refractivity contribution < 1.29 is 47.9 Å². The zero-order valence-corrected chi connectivity index (χ0v) is 12.4. The fourth-order valence-electron chi connectivity index (χ4n) is 0.868. The first kappa shape index (κ1) is 15.0. The van der Waals surface area contributed by atoms with Gasteiger partial charge in [0.1, 0.15) is 10.3 Å². The standard InChI is InChI=1S/C7H6BrNO4S.Na/c1-14(12,13)4-2-3-5(8)9-6(4)7(10)11;/h2-3H,1H3,(H,10,11);/q;+1/p-1. The van der Waals surface area contributed by atoms with Gasteiger partial charge in [-0.1, -0.05) is 0 Å². The summed E-state index contributed by atoms with van der Waals surface area (Å²) in [5, 5.41) is 10.6. The number of hydrogen-bond donors (Lipinski definition) is 0. The zero-order chi connectivity index (χ0) is 10.9. The maximum Gasteiger partial charge on any atom is 1.00 e. The smallest absolute Gasteiger partial charge is 0.543 e. The van der Waals surface area contributed by atoms with Gasteiger partial charge in [0.2, 0.25) is 0 Å². The van der Waals surface area contributed by atoms with Crippen molar-refractivity contribution in [2.45, 2.75) is 4.90 Å². The van der Waals surface area contributed by atoms with Gasteiger partial charge in [-0.15, -0.1) is 0 Å². The van der Waals surface area contributed by atoms with E-state index in [4.69, 9.17) is 0 Å². The van der Waals surface area contributed by atoms with Crippen molar-refractivity contribution in [1.29, 1.82) is 0 Å². The number of sulfone groups is 1. The number of carboxylic acid groups (broad SMARTS) is 1. The van der Waals surface area contributed by atoms with Crippen molar-refractivity contribution in [3.05, 3.63) is 22.4 Å².